The van der Waals surface area contributed by atoms with Crippen molar-refractivity contribution < 1.29 is 9.21 Å². The van der Waals surface area contributed by atoms with Crippen LogP contribution >= 0.6 is 0 Å². The molecule has 0 saturated carbocycles. The normalized spacial score (nSPS) is 19.4. The molecule has 2 heterocycles. The number of rotatable bonds is 8. The summed E-state index contributed by atoms with van der Waals surface area (Å²) < 4.78 is 5.38. The van der Waals surface area contributed by atoms with Gasteiger partial charge in [-0.3, -0.25) is 4.79 Å². The second-order valence-corrected chi connectivity index (χ2v) is 7.58. The largest absolute Gasteiger partial charge is 0.469 e. The molecular weight excluding hydrogens is 364 g/mol. The molecule has 2 atom stereocenters. The number of carbonyl (C=O) groups is 1. The van der Waals surface area contributed by atoms with Gasteiger partial charge in [0.25, 0.3) is 0 Å². The van der Waals surface area contributed by atoms with E-state index in [1.807, 2.05) is 49.2 Å². The van der Waals surface area contributed by atoms with Gasteiger partial charge in [0, 0.05) is 38.9 Å². The van der Waals surface area contributed by atoms with Crippen LogP contribution in [0.25, 0.3) is 0 Å². The Morgan fingerprint density at radius 2 is 2.03 bits per heavy atom. The van der Waals surface area contributed by atoms with Crippen LogP contribution in [0, 0.1) is 5.92 Å². The Labute approximate surface area is 172 Å². The summed E-state index contributed by atoms with van der Waals surface area (Å²) in [4.78, 5) is 18.8. The van der Waals surface area contributed by atoms with Gasteiger partial charge >= 0.3 is 0 Å². The Balaban J connectivity index is 1.62. The van der Waals surface area contributed by atoms with Crippen LogP contribution in [0.3, 0.4) is 0 Å². The van der Waals surface area contributed by atoms with E-state index in [1.165, 1.54) is 5.56 Å². The lowest BCUT2D eigenvalue weighted by molar-refractivity contribution is -0.127. The Kier molecular flexibility index (Phi) is 7.11. The summed E-state index contributed by atoms with van der Waals surface area (Å²) in [5.74, 6) is 2.02. The Morgan fingerprint density at radius 3 is 2.72 bits per heavy atom. The van der Waals surface area contributed by atoms with Crippen molar-refractivity contribution in [1.82, 2.24) is 15.5 Å². The third-order valence-electron chi connectivity index (χ3n) is 5.12. The summed E-state index contributed by atoms with van der Waals surface area (Å²) in [6.07, 6.45) is 2.99. The molecule has 6 nitrogen and oxygen atoms in total. The third kappa shape index (κ3) is 5.73. The van der Waals surface area contributed by atoms with E-state index in [9.17, 15) is 4.79 Å². The third-order valence-corrected chi connectivity index (χ3v) is 5.12. The first-order chi connectivity index (χ1) is 14.0. The van der Waals surface area contributed by atoms with Gasteiger partial charge in [-0.15, -0.1) is 0 Å². The smallest absolute Gasteiger partial charge is 0.223 e. The quantitative estimate of drug-likeness (QED) is 0.410. The van der Waals surface area contributed by atoms with Crippen molar-refractivity contribution in [3.05, 3.63) is 72.2 Å². The van der Waals surface area contributed by atoms with Crippen molar-refractivity contribution in [2.45, 2.75) is 25.8 Å². The molecule has 1 aromatic carbocycles. The zero-order chi connectivity index (χ0) is 20.6. The lowest BCUT2D eigenvalue weighted by Crippen LogP contribution is -2.41. The Morgan fingerprint density at radius 1 is 1.24 bits per heavy atom. The fourth-order valence-corrected chi connectivity index (χ4v) is 3.66. The number of likely N-dealkylation sites (tertiary alicyclic amines) is 1. The molecule has 1 amide bonds. The highest BCUT2D eigenvalue weighted by molar-refractivity contribution is 5.81. The number of amides is 1. The number of nitrogens with zero attached hydrogens (tertiary/aromatic N) is 2. The highest BCUT2D eigenvalue weighted by atomic mass is 16.3. The van der Waals surface area contributed by atoms with Crippen LogP contribution in [0.15, 0.2) is 70.3 Å². The number of nitrogens with one attached hydrogen (secondary N) is 2. The predicted molar refractivity (Wildman–Crippen MR) is 116 cm³/mol. The molecule has 1 fully saturated rings. The van der Waals surface area contributed by atoms with E-state index in [0.29, 0.717) is 26.1 Å². The molecule has 1 aliphatic heterocycles. The molecular formula is C23H30N4O2. The van der Waals surface area contributed by atoms with Gasteiger partial charge in [-0.05, 0) is 24.6 Å². The second kappa shape index (κ2) is 9.96. The molecule has 2 unspecified atom stereocenters. The summed E-state index contributed by atoms with van der Waals surface area (Å²) in [6, 6.07) is 14.1. The van der Waals surface area contributed by atoms with E-state index in [-0.39, 0.29) is 17.9 Å². The maximum absolute atomic E-state index is 12.4. The van der Waals surface area contributed by atoms with Crippen molar-refractivity contribution in [3.8, 4) is 0 Å². The van der Waals surface area contributed by atoms with E-state index < -0.39 is 0 Å². The molecule has 29 heavy (non-hydrogen) atoms. The first-order valence-electron chi connectivity index (χ1n) is 10.0. The lowest BCUT2D eigenvalue weighted by atomic mass is 9.94. The average Bonchev–Trinajstić information content (AvgIpc) is 3.32. The van der Waals surface area contributed by atoms with Crippen LogP contribution in [-0.4, -0.2) is 43.4 Å². The van der Waals surface area contributed by atoms with E-state index in [1.54, 1.807) is 6.26 Å². The second-order valence-electron chi connectivity index (χ2n) is 7.58. The van der Waals surface area contributed by atoms with Gasteiger partial charge in [-0.1, -0.05) is 42.5 Å². The topological polar surface area (TPSA) is 69.9 Å². The van der Waals surface area contributed by atoms with Crippen molar-refractivity contribution in [2.24, 2.45) is 10.9 Å². The number of aliphatic imine (C=N–C) groups is 1. The van der Waals surface area contributed by atoms with Gasteiger partial charge in [-0.25, -0.2) is 4.99 Å². The molecule has 1 aromatic heterocycles. The summed E-state index contributed by atoms with van der Waals surface area (Å²) >= 11 is 0. The molecule has 1 aliphatic rings. The van der Waals surface area contributed by atoms with Gasteiger partial charge in [-0.2, -0.15) is 0 Å². The van der Waals surface area contributed by atoms with E-state index >= 15 is 0 Å². The van der Waals surface area contributed by atoms with Crippen LogP contribution in [0.5, 0.6) is 0 Å². The highest BCUT2D eigenvalue weighted by Gasteiger charge is 2.38. The number of benzene rings is 1. The van der Waals surface area contributed by atoms with Crippen LogP contribution in [0.1, 0.15) is 30.7 Å². The Bertz CT molecular complexity index is 830. The summed E-state index contributed by atoms with van der Waals surface area (Å²) in [5.41, 5.74) is 2.16. The monoisotopic (exact) mass is 394 g/mol. The van der Waals surface area contributed by atoms with E-state index in [4.69, 9.17) is 4.42 Å². The number of hydrogen-bond acceptors (Lipinski definition) is 3. The molecule has 0 aliphatic carbocycles. The van der Waals surface area contributed by atoms with Gasteiger partial charge in [0.1, 0.15) is 5.76 Å². The lowest BCUT2D eigenvalue weighted by Gasteiger charge is -2.26. The first kappa shape index (κ1) is 20.7. The molecule has 0 bridgehead atoms. The molecule has 3 rings (SSSR count). The SMILES string of the molecule is C=C(C)CN=C(NCCc1ccco1)NCC1CC(=O)N(C)C1c1ccccc1. The number of carbonyl (C=O) groups excluding carboxylic acids is 1. The van der Waals surface area contributed by atoms with Crippen molar-refractivity contribution >= 4 is 11.9 Å². The minimum Gasteiger partial charge on any atom is -0.469 e. The molecule has 6 heteroatoms. The van der Waals surface area contributed by atoms with Gasteiger partial charge < -0.3 is 20.0 Å². The minimum absolute atomic E-state index is 0.0710. The first-order valence-corrected chi connectivity index (χ1v) is 10.0. The molecule has 2 aromatic rings. The van der Waals surface area contributed by atoms with Crippen LogP contribution < -0.4 is 10.6 Å². The highest BCUT2D eigenvalue weighted by Crippen LogP contribution is 2.36. The standard InChI is InChI=1S/C23H30N4O2/c1-17(2)15-25-23(24-12-11-20-10-7-13-29-20)26-16-19-14-21(28)27(3)22(19)18-8-5-4-6-9-18/h4-10,13,19,22H,1,11-12,14-16H2,2-3H3,(H2,24,25,26). The zero-order valence-corrected chi connectivity index (χ0v) is 17.2. The van der Waals surface area contributed by atoms with Crippen LogP contribution in [-0.2, 0) is 11.2 Å². The Hall–Kier alpha value is -3.02. The van der Waals surface area contributed by atoms with Gasteiger partial charge in [0.2, 0.25) is 5.91 Å². The van der Waals surface area contributed by atoms with E-state index in [2.05, 4.69) is 34.3 Å². The maximum atomic E-state index is 12.4. The summed E-state index contributed by atoms with van der Waals surface area (Å²) in [5, 5.41) is 6.78. The van der Waals surface area contributed by atoms with E-state index in [0.717, 1.165) is 23.7 Å². The minimum atomic E-state index is 0.0710. The number of hydrogen-bond donors (Lipinski definition) is 2. The van der Waals surface area contributed by atoms with Crippen molar-refractivity contribution in [3.63, 3.8) is 0 Å². The average molecular weight is 395 g/mol. The zero-order valence-electron chi connectivity index (χ0n) is 17.2. The van der Waals surface area contributed by atoms with Crippen molar-refractivity contribution in [1.29, 1.82) is 0 Å². The fourth-order valence-electron chi connectivity index (χ4n) is 3.66. The molecule has 0 radical (unpaired) electrons. The number of furan rings is 1. The van der Waals surface area contributed by atoms with Gasteiger partial charge in [0.15, 0.2) is 5.96 Å². The van der Waals surface area contributed by atoms with Gasteiger partial charge in [0.05, 0.1) is 18.8 Å². The predicted octanol–water partition coefficient (Wildman–Crippen LogP) is 3.15. The summed E-state index contributed by atoms with van der Waals surface area (Å²) in [6.45, 7) is 7.82. The number of guanidine groups is 1. The van der Waals surface area contributed by atoms with Crippen LogP contribution in [0.2, 0.25) is 0 Å². The fraction of sp³-hybridized carbons (Fsp3) is 0.391. The molecule has 1 saturated heterocycles. The maximum Gasteiger partial charge on any atom is 0.223 e. The molecule has 0 spiro atoms. The summed E-state index contributed by atoms with van der Waals surface area (Å²) in [7, 11) is 1.89. The van der Waals surface area contributed by atoms with Crippen molar-refractivity contribution in [2.75, 3.05) is 26.7 Å². The molecule has 2 N–H and O–H groups in total. The molecule has 154 valence electrons. The van der Waals surface area contributed by atoms with Crippen LogP contribution in [0.4, 0.5) is 0 Å².